The zero-order chi connectivity index (χ0) is 20.7. The minimum Gasteiger partial charge on any atom is -0.478 e. The molecule has 28 heavy (non-hydrogen) atoms. The number of carbonyl (C=O) groups is 3. The minimum absolute atomic E-state index is 0.116. The van der Waals surface area contributed by atoms with Crippen molar-refractivity contribution in [2.24, 2.45) is 0 Å². The zero-order valence-electron chi connectivity index (χ0n) is 14.9. The number of aromatic carboxylic acids is 1. The molecule has 0 spiro atoms. The quantitative estimate of drug-likeness (QED) is 0.558. The highest BCUT2D eigenvalue weighted by Gasteiger charge is 2.43. The lowest BCUT2D eigenvalue weighted by Crippen LogP contribution is -2.40. The Kier molecular flexibility index (Phi) is 4.59. The second kappa shape index (κ2) is 6.64. The third kappa shape index (κ3) is 3.41. The van der Waals surface area contributed by atoms with Crippen molar-refractivity contribution in [3.05, 3.63) is 59.2 Å². The summed E-state index contributed by atoms with van der Waals surface area (Å²) in [6.45, 7) is 3.07. The van der Waals surface area contributed by atoms with E-state index in [-0.39, 0.29) is 16.1 Å². The summed E-state index contributed by atoms with van der Waals surface area (Å²) in [6, 6.07) is 9.18. The third-order valence-electron chi connectivity index (χ3n) is 4.49. The summed E-state index contributed by atoms with van der Waals surface area (Å²) in [5.74, 6) is -1.78. The highest BCUT2D eigenvalue weighted by Crippen LogP contribution is 2.27. The molecule has 1 saturated heterocycles. The zero-order valence-corrected chi connectivity index (χ0v) is 15.8. The van der Waals surface area contributed by atoms with Crippen LogP contribution in [0.5, 0.6) is 0 Å². The van der Waals surface area contributed by atoms with Gasteiger partial charge in [0.25, 0.3) is 15.9 Å². The summed E-state index contributed by atoms with van der Waals surface area (Å²) < 4.78 is 27.7. The van der Waals surface area contributed by atoms with Gasteiger partial charge in [-0.15, -0.1) is 0 Å². The highest BCUT2D eigenvalue weighted by atomic mass is 32.2. The summed E-state index contributed by atoms with van der Waals surface area (Å²) >= 11 is 0. The smallest absolute Gasteiger partial charge is 0.335 e. The summed E-state index contributed by atoms with van der Waals surface area (Å²) in [5, 5.41) is 13.8. The molecule has 1 heterocycles. The van der Waals surface area contributed by atoms with E-state index in [0.717, 1.165) is 6.07 Å². The standard InChI is InChI=1S/C18H17N3O6S/c1-10-6-7-13(9-14(10)15(22)23)28(26,27)21-12-5-3-4-11(8-12)18(2)16(24)19-17(25)20-18/h3-9,21H,1-2H3,(H,22,23)(H2,19,20,24,25). The molecule has 9 nitrogen and oxygen atoms in total. The highest BCUT2D eigenvalue weighted by molar-refractivity contribution is 7.92. The van der Waals surface area contributed by atoms with Crippen LogP contribution < -0.4 is 15.4 Å². The van der Waals surface area contributed by atoms with Crippen LogP contribution >= 0.6 is 0 Å². The van der Waals surface area contributed by atoms with Crippen LogP contribution in [0.15, 0.2) is 47.4 Å². The van der Waals surface area contributed by atoms with E-state index in [4.69, 9.17) is 0 Å². The number of anilines is 1. The molecule has 10 heteroatoms. The Morgan fingerprint density at radius 1 is 1.14 bits per heavy atom. The SMILES string of the molecule is Cc1ccc(S(=O)(=O)Nc2cccc(C3(C)NC(=O)NC3=O)c2)cc1C(=O)O. The van der Waals surface area contributed by atoms with Gasteiger partial charge in [-0.2, -0.15) is 0 Å². The van der Waals surface area contributed by atoms with Gasteiger partial charge in [0.2, 0.25) is 0 Å². The normalized spacial score (nSPS) is 19.1. The second-order valence-corrected chi connectivity index (χ2v) is 8.18. The number of rotatable bonds is 5. The molecule has 0 bridgehead atoms. The van der Waals surface area contributed by atoms with E-state index in [0.29, 0.717) is 11.1 Å². The van der Waals surface area contributed by atoms with Gasteiger partial charge >= 0.3 is 12.0 Å². The van der Waals surface area contributed by atoms with Gasteiger partial charge in [0.15, 0.2) is 0 Å². The lowest BCUT2D eigenvalue weighted by molar-refractivity contribution is -0.123. The van der Waals surface area contributed by atoms with Crippen molar-refractivity contribution < 1.29 is 27.9 Å². The van der Waals surface area contributed by atoms with Crippen molar-refractivity contribution in [2.75, 3.05) is 4.72 Å². The number of carboxylic acid groups (broad SMARTS) is 1. The number of amides is 3. The van der Waals surface area contributed by atoms with E-state index in [1.807, 2.05) is 0 Å². The number of hydrogen-bond donors (Lipinski definition) is 4. The Hall–Kier alpha value is -3.40. The van der Waals surface area contributed by atoms with Gasteiger partial charge in [0.1, 0.15) is 5.54 Å². The Labute approximate surface area is 160 Å². The topological polar surface area (TPSA) is 142 Å². The van der Waals surface area contributed by atoms with E-state index >= 15 is 0 Å². The third-order valence-corrected chi connectivity index (χ3v) is 5.87. The van der Waals surface area contributed by atoms with Crippen LogP contribution in [0.4, 0.5) is 10.5 Å². The van der Waals surface area contributed by atoms with Crippen LogP contribution in [0.2, 0.25) is 0 Å². The first kappa shape index (κ1) is 19.4. The molecule has 1 unspecified atom stereocenters. The first-order valence-corrected chi connectivity index (χ1v) is 9.62. The first-order chi connectivity index (χ1) is 13.0. The van der Waals surface area contributed by atoms with Crippen molar-refractivity contribution in [1.29, 1.82) is 0 Å². The minimum atomic E-state index is -4.07. The number of sulfonamides is 1. The molecular weight excluding hydrogens is 386 g/mol. The lowest BCUT2D eigenvalue weighted by Gasteiger charge is -2.22. The Bertz CT molecular complexity index is 1110. The Balaban J connectivity index is 1.94. The largest absolute Gasteiger partial charge is 0.478 e. The average molecular weight is 403 g/mol. The predicted molar refractivity (Wildman–Crippen MR) is 99.4 cm³/mol. The fourth-order valence-corrected chi connectivity index (χ4v) is 3.93. The van der Waals surface area contributed by atoms with Gasteiger partial charge in [0.05, 0.1) is 10.5 Å². The van der Waals surface area contributed by atoms with Gasteiger partial charge in [-0.05, 0) is 49.2 Å². The fraction of sp³-hybridized carbons (Fsp3) is 0.167. The molecule has 1 aliphatic heterocycles. The predicted octanol–water partition coefficient (Wildman–Crippen LogP) is 1.55. The van der Waals surface area contributed by atoms with Gasteiger partial charge in [0, 0.05) is 5.69 Å². The first-order valence-electron chi connectivity index (χ1n) is 8.14. The molecule has 2 aromatic carbocycles. The number of carboxylic acids is 1. The molecule has 1 aliphatic rings. The number of carbonyl (C=O) groups excluding carboxylic acids is 2. The van der Waals surface area contributed by atoms with E-state index < -0.39 is 33.5 Å². The molecular formula is C18H17N3O6S. The summed E-state index contributed by atoms with van der Waals surface area (Å²) in [7, 11) is -4.07. The molecule has 0 aromatic heterocycles. The van der Waals surface area contributed by atoms with Crippen LogP contribution in [0.1, 0.15) is 28.4 Å². The molecule has 1 atom stereocenters. The maximum Gasteiger partial charge on any atom is 0.335 e. The summed E-state index contributed by atoms with van der Waals surface area (Å²) in [5.41, 5.74) is -0.478. The van der Waals surface area contributed by atoms with Crippen LogP contribution in [-0.4, -0.2) is 31.4 Å². The van der Waals surface area contributed by atoms with Crippen molar-refractivity contribution in [3.63, 3.8) is 0 Å². The molecule has 146 valence electrons. The summed E-state index contributed by atoms with van der Waals surface area (Å²) in [6.07, 6.45) is 0. The van der Waals surface area contributed by atoms with Crippen molar-refractivity contribution in [2.45, 2.75) is 24.3 Å². The lowest BCUT2D eigenvalue weighted by atomic mass is 9.92. The van der Waals surface area contributed by atoms with Crippen molar-refractivity contribution in [1.82, 2.24) is 10.6 Å². The van der Waals surface area contributed by atoms with Crippen LogP contribution in [0.3, 0.4) is 0 Å². The van der Waals surface area contributed by atoms with Crippen LogP contribution in [-0.2, 0) is 20.4 Å². The molecule has 3 amide bonds. The van der Waals surface area contributed by atoms with Gasteiger partial charge < -0.3 is 10.4 Å². The average Bonchev–Trinajstić information content (AvgIpc) is 2.87. The van der Waals surface area contributed by atoms with E-state index in [1.54, 1.807) is 13.0 Å². The molecule has 3 rings (SSSR count). The monoisotopic (exact) mass is 403 g/mol. The second-order valence-electron chi connectivity index (χ2n) is 6.50. The molecule has 0 radical (unpaired) electrons. The fourth-order valence-electron chi connectivity index (χ4n) is 2.85. The molecule has 0 aliphatic carbocycles. The number of hydrogen-bond acceptors (Lipinski definition) is 5. The van der Waals surface area contributed by atoms with Gasteiger partial charge in [-0.3, -0.25) is 14.8 Å². The Morgan fingerprint density at radius 3 is 2.46 bits per heavy atom. The molecule has 1 fully saturated rings. The number of aryl methyl sites for hydroxylation is 1. The van der Waals surface area contributed by atoms with Crippen molar-refractivity contribution >= 4 is 33.6 Å². The maximum atomic E-state index is 12.7. The van der Waals surface area contributed by atoms with Crippen molar-refractivity contribution in [3.8, 4) is 0 Å². The van der Waals surface area contributed by atoms with E-state index in [9.17, 15) is 27.9 Å². The Morgan fingerprint density at radius 2 is 1.86 bits per heavy atom. The van der Waals surface area contributed by atoms with E-state index in [1.165, 1.54) is 37.3 Å². The molecule has 2 aromatic rings. The van der Waals surface area contributed by atoms with Gasteiger partial charge in [-0.1, -0.05) is 18.2 Å². The number of nitrogens with one attached hydrogen (secondary N) is 3. The number of benzene rings is 2. The van der Waals surface area contributed by atoms with E-state index in [2.05, 4.69) is 15.4 Å². The van der Waals surface area contributed by atoms with Crippen LogP contribution in [0, 0.1) is 6.92 Å². The number of urea groups is 1. The summed E-state index contributed by atoms with van der Waals surface area (Å²) in [4.78, 5) is 34.6. The maximum absolute atomic E-state index is 12.7. The molecule has 0 saturated carbocycles. The van der Waals surface area contributed by atoms with Gasteiger partial charge in [-0.25, -0.2) is 18.0 Å². The number of imide groups is 1. The van der Waals surface area contributed by atoms with Crippen LogP contribution in [0.25, 0.3) is 0 Å². The molecule has 4 N–H and O–H groups in total.